The molecule has 19 heavy (non-hydrogen) atoms. The van der Waals surface area contributed by atoms with Gasteiger partial charge in [-0.15, -0.1) is 11.3 Å². The van der Waals surface area contributed by atoms with Gasteiger partial charge in [0.15, 0.2) is 0 Å². The molecule has 0 amide bonds. The zero-order chi connectivity index (χ0) is 13.7. The standard InChI is InChI=1S/C13H21N5S/c1-3-7-18-13(15-9-16-18)8-11(17-14)12-6-5-10(4-2)19-12/h5-6,9,11,17H,3-4,7-8,14H2,1-2H3. The Morgan fingerprint density at radius 1 is 1.42 bits per heavy atom. The molecule has 2 rings (SSSR count). The number of aryl methyl sites for hydroxylation is 2. The summed E-state index contributed by atoms with van der Waals surface area (Å²) >= 11 is 1.81. The molecule has 5 nitrogen and oxygen atoms in total. The average Bonchev–Trinajstić information content (AvgIpc) is 3.05. The molecule has 1 unspecified atom stereocenters. The van der Waals surface area contributed by atoms with Crippen molar-refractivity contribution in [1.29, 1.82) is 0 Å². The highest BCUT2D eigenvalue weighted by molar-refractivity contribution is 7.12. The van der Waals surface area contributed by atoms with Crippen LogP contribution >= 0.6 is 11.3 Å². The van der Waals surface area contributed by atoms with Gasteiger partial charge in [0.05, 0.1) is 6.04 Å². The second-order valence-corrected chi connectivity index (χ2v) is 5.68. The number of aromatic nitrogens is 3. The van der Waals surface area contributed by atoms with Gasteiger partial charge >= 0.3 is 0 Å². The fourth-order valence-corrected chi connectivity index (χ4v) is 3.05. The van der Waals surface area contributed by atoms with Crippen LogP contribution in [0.2, 0.25) is 0 Å². The van der Waals surface area contributed by atoms with Crippen molar-refractivity contribution in [3.63, 3.8) is 0 Å². The molecule has 0 saturated heterocycles. The Labute approximate surface area is 117 Å². The number of hydrazine groups is 1. The molecule has 0 aliphatic rings. The van der Waals surface area contributed by atoms with Crippen molar-refractivity contribution in [2.24, 2.45) is 5.84 Å². The number of thiophene rings is 1. The summed E-state index contributed by atoms with van der Waals surface area (Å²) in [6, 6.07) is 4.42. The average molecular weight is 279 g/mol. The smallest absolute Gasteiger partial charge is 0.138 e. The minimum Gasteiger partial charge on any atom is -0.271 e. The zero-order valence-corrected chi connectivity index (χ0v) is 12.3. The molecule has 1 atom stereocenters. The number of hydrogen-bond donors (Lipinski definition) is 2. The first-order chi connectivity index (χ1) is 9.28. The van der Waals surface area contributed by atoms with E-state index in [1.165, 1.54) is 9.75 Å². The summed E-state index contributed by atoms with van der Waals surface area (Å²) in [6.45, 7) is 5.20. The van der Waals surface area contributed by atoms with Crippen LogP contribution in [0.15, 0.2) is 18.5 Å². The third kappa shape index (κ3) is 3.40. The van der Waals surface area contributed by atoms with Crippen molar-refractivity contribution in [2.75, 3.05) is 0 Å². The van der Waals surface area contributed by atoms with Crippen molar-refractivity contribution in [1.82, 2.24) is 20.2 Å². The molecular weight excluding hydrogens is 258 g/mol. The van der Waals surface area contributed by atoms with Gasteiger partial charge in [0.25, 0.3) is 0 Å². The SMILES string of the molecule is CCCn1ncnc1CC(NN)c1ccc(CC)s1. The molecule has 0 saturated carbocycles. The number of rotatable bonds is 7. The van der Waals surface area contributed by atoms with Gasteiger partial charge in [0.1, 0.15) is 12.2 Å². The Morgan fingerprint density at radius 2 is 2.26 bits per heavy atom. The molecule has 0 aliphatic heterocycles. The van der Waals surface area contributed by atoms with Crippen LogP contribution < -0.4 is 11.3 Å². The van der Waals surface area contributed by atoms with Gasteiger partial charge in [0.2, 0.25) is 0 Å². The molecular formula is C13H21N5S. The number of nitrogens with two attached hydrogens (primary N) is 1. The van der Waals surface area contributed by atoms with Crippen molar-refractivity contribution >= 4 is 11.3 Å². The van der Waals surface area contributed by atoms with Crippen LogP contribution in [0.25, 0.3) is 0 Å². The lowest BCUT2D eigenvalue weighted by atomic mass is 10.1. The molecule has 0 aromatic carbocycles. The largest absolute Gasteiger partial charge is 0.271 e. The van der Waals surface area contributed by atoms with Crippen LogP contribution in [-0.2, 0) is 19.4 Å². The van der Waals surface area contributed by atoms with Gasteiger partial charge in [0, 0.05) is 22.7 Å². The van der Waals surface area contributed by atoms with Crippen molar-refractivity contribution < 1.29 is 0 Å². The Morgan fingerprint density at radius 3 is 2.89 bits per heavy atom. The zero-order valence-electron chi connectivity index (χ0n) is 11.5. The lowest BCUT2D eigenvalue weighted by Gasteiger charge is -2.14. The highest BCUT2D eigenvalue weighted by Crippen LogP contribution is 2.25. The highest BCUT2D eigenvalue weighted by Gasteiger charge is 2.16. The second-order valence-electron chi connectivity index (χ2n) is 4.48. The van der Waals surface area contributed by atoms with Gasteiger partial charge in [-0.05, 0) is 25.0 Å². The van der Waals surface area contributed by atoms with Crippen LogP contribution in [0.4, 0.5) is 0 Å². The Balaban J connectivity index is 2.12. The van der Waals surface area contributed by atoms with E-state index in [0.29, 0.717) is 0 Å². The number of nitrogens with one attached hydrogen (secondary N) is 1. The van der Waals surface area contributed by atoms with Crippen molar-refractivity contribution in [3.8, 4) is 0 Å². The summed E-state index contributed by atoms with van der Waals surface area (Å²) in [5.41, 5.74) is 2.89. The molecule has 6 heteroatoms. The monoisotopic (exact) mass is 279 g/mol. The van der Waals surface area contributed by atoms with Gasteiger partial charge < -0.3 is 0 Å². The summed E-state index contributed by atoms with van der Waals surface area (Å²) in [5, 5.41) is 4.25. The summed E-state index contributed by atoms with van der Waals surface area (Å²) in [6.07, 6.45) is 4.49. The van der Waals surface area contributed by atoms with Crippen LogP contribution in [0.1, 0.15) is 41.9 Å². The topological polar surface area (TPSA) is 68.8 Å². The first kappa shape index (κ1) is 14.2. The van der Waals surface area contributed by atoms with E-state index in [9.17, 15) is 0 Å². The fourth-order valence-electron chi connectivity index (χ4n) is 2.04. The molecule has 0 fully saturated rings. The van der Waals surface area contributed by atoms with E-state index in [-0.39, 0.29) is 6.04 Å². The van der Waals surface area contributed by atoms with E-state index in [4.69, 9.17) is 5.84 Å². The predicted octanol–water partition coefficient (Wildman–Crippen LogP) is 2.06. The quantitative estimate of drug-likeness (QED) is 0.601. The normalized spacial score (nSPS) is 12.8. The summed E-state index contributed by atoms with van der Waals surface area (Å²) in [5.74, 6) is 6.68. The first-order valence-electron chi connectivity index (χ1n) is 6.69. The van der Waals surface area contributed by atoms with Gasteiger partial charge in [-0.25, -0.2) is 4.98 Å². The third-order valence-electron chi connectivity index (χ3n) is 3.09. The van der Waals surface area contributed by atoms with E-state index in [1.54, 1.807) is 17.7 Å². The van der Waals surface area contributed by atoms with Crippen molar-refractivity contribution in [2.45, 2.75) is 45.7 Å². The third-order valence-corrected chi connectivity index (χ3v) is 4.44. The Hall–Kier alpha value is -1.24. The molecule has 0 radical (unpaired) electrons. The lowest BCUT2D eigenvalue weighted by Crippen LogP contribution is -2.30. The molecule has 2 aromatic rings. The van der Waals surface area contributed by atoms with E-state index >= 15 is 0 Å². The maximum absolute atomic E-state index is 5.70. The maximum Gasteiger partial charge on any atom is 0.138 e. The maximum atomic E-state index is 5.70. The predicted molar refractivity (Wildman–Crippen MR) is 77.8 cm³/mol. The summed E-state index contributed by atoms with van der Waals surface area (Å²) < 4.78 is 1.96. The van der Waals surface area contributed by atoms with Crippen LogP contribution in [-0.4, -0.2) is 14.8 Å². The first-order valence-corrected chi connectivity index (χ1v) is 7.51. The lowest BCUT2D eigenvalue weighted by molar-refractivity contribution is 0.504. The van der Waals surface area contributed by atoms with E-state index in [2.05, 4.69) is 41.5 Å². The fraction of sp³-hybridized carbons (Fsp3) is 0.538. The highest BCUT2D eigenvalue weighted by atomic mass is 32.1. The molecule has 0 spiro atoms. The molecule has 3 N–H and O–H groups in total. The molecule has 0 aliphatic carbocycles. The molecule has 2 aromatic heterocycles. The van der Waals surface area contributed by atoms with Gasteiger partial charge in [-0.2, -0.15) is 5.10 Å². The molecule has 2 heterocycles. The minimum absolute atomic E-state index is 0.102. The van der Waals surface area contributed by atoms with Crippen LogP contribution in [0.5, 0.6) is 0 Å². The number of nitrogens with zero attached hydrogens (tertiary/aromatic N) is 3. The molecule has 0 bridgehead atoms. The van der Waals surface area contributed by atoms with Crippen LogP contribution in [0, 0.1) is 0 Å². The Kier molecular flexibility index (Phi) is 5.07. The summed E-state index contributed by atoms with van der Waals surface area (Å²) in [7, 11) is 0. The van der Waals surface area contributed by atoms with E-state index < -0.39 is 0 Å². The second kappa shape index (κ2) is 6.79. The van der Waals surface area contributed by atoms with Gasteiger partial charge in [-0.3, -0.25) is 16.0 Å². The van der Waals surface area contributed by atoms with Gasteiger partial charge in [-0.1, -0.05) is 13.8 Å². The number of hydrogen-bond acceptors (Lipinski definition) is 5. The van der Waals surface area contributed by atoms with Crippen LogP contribution in [0.3, 0.4) is 0 Å². The summed E-state index contributed by atoms with van der Waals surface area (Å²) in [4.78, 5) is 6.97. The minimum atomic E-state index is 0.102. The van der Waals surface area contributed by atoms with Crippen molar-refractivity contribution in [3.05, 3.63) is 34.0 Å². The Bertz CT molecular complexity index is 505. The molecule has 104 valence electrons. The van der Waals surface area contributed by atoms with E-state index in [1.807, 2.05) is 4.68 Å². The van der Waals surface area contributed by atoms with E-state index in [0.717, 1.165) is 31.6 Å².